The molecule has 9 aromatic rings. The number of hydrogen-bond donors (Lipinski definition) is 2. The molecule has 0 aliphatic heterocycles. The van der Waals surface area contributed by atoms with Gasteiger partial charge in [0.1, 0.15) is 0 Å². The maximum atomic E-state index is 7.11. The lowest BCUT2D eigenvalue weighted by Gasteiger charge is -2.20. The van der Waals surface area contributed by atoms with Crippen molar-refractivity contribution in [2.45, 2.75) is 19.0 Å². The van der Waals surface area contributed by atoms with Crippen LogP contribution in [0.15, 0.2) is 237 Å². The molecule has 0 fully saturated rings. The van der Waals surface area contributed by atoms with E-state index >= 15 is 0 Å². The fourth-order valence-corrected chi connectivity index (χ4v) is 7.83. The fourth-order valence-electron chi connectivity index (χ4n) is 7.83. The molecule has 9 rings (SSSR count). The zero-order chi connectivity index (χ0) is 41.1. The van der Waals surface area contributed by atoms with Gasteiger partial charge in [0, 0.05) is 6.04 Å². The van der Waals surface area contributed by atoms with Gasteiger partial charge < -0.3 is 11.1 Å². The van der Waals surface area contributed by atoms with Gasteiger partial charge in [-0.3, -0.25) is 0 Å². The first-order valence-electron chi connectivity index (χ1n) is 20.7. The highest BCUT2D eigenvalue weighted by Gasteiger charge is 2.18. The van der Waals surface area contributed by atoms with E-state index in [1.165, 1.54) is 61.2 Å². The molecule has 0 aliphatic carbocycles. The van der Waals surface area contributed by atoms with E-state index < -0.39 is 0 Å². The van der Waals surface area contributed by atoms with Gasteiger partial charge in [0.05, 0.1) is 6.04 Å². The van der Waals surface area contributed by atoms with Crippen LogP contribution in [0, 0.1) is 0 Å². The van der Waals surface area contributed by atoms with Crippen molar-refractivity contribution in [3.63, 3.8) is 0 Å². The lowest BCUT2D eigenvalue weighted by molar-refractivity contribution is 0.652. The average molecular weight is 775 g/mol. The van der Waals surface area contributed by atoms with E-state index in [9.17, 15) is 0 Å². The molecule has 0 bridgehead atoms. The zero-order valence-corrected chi connectivity index (χ0v) is 34.2. The SMILES string of the molecule is CNC(C)c1ccccc1.NC(c1ccccc1)c1cc(-c2ccc(-c3ccccc3)cc2-c2ccccc2)cc(-c2ccc(-c3ccccc3)cc2-c2ccccc2)c1. The van der Waals surface area contributed by atoms with E-state index in [0.29, 0.717) is 6.04 Å². The number of hydrogen-bond acceptors (Lipinski definition) is 2. The topological polar surface area (TPSA) is 38.0 Å². The van der Waals surface area contributed by atoms with Crippen molar-refractivity contribution in [1.82, 2.24) is 5.32 Å². The molecule has 2 heteroatoms. The molecule has 0 radical (unpaired) electrons. The lowest BCUT2D eigenvalue weighted by atomic mass is 9.85. The van der Waals surface area contributed by atoms with Crippen LogP contribution >= 0.6 is 0 Å². The van der Waals surface area contributed by atoms with E-state index in [2.05, 4.69) is 237 Å². The molecule has 0 saturated carbocycles. The molecule has 3 N–H and O–H groups in total. The highest BCUT2D eigenvalue weighted by Crippen LogP contribution is 2.42. The summed E-state index contributed by atoms with van der Waals surface area (Å²) in [7, 11) is 1.97. The molecule has 0 aromatic heterocycles. The predicted octanol–water partition coefficient (Wildman–Crippen LogP) is 14.7. The summed E-state index contributed by atoms with van der Waals surface area (Å²) >= 11 is 0. The van der Waals surface area contributed by atoms with Crippen LogP contribution in [-0.2, 0) is 0 Å². The van der Waals surface area contributed by atoms with Gasteiger partial charge in [-0.25, -0.2) is 0 Å². The molecular weight excluding hydrogens is 725 g/mol. The molecular formula is C58H50N2. The van der Waals surface area contributed by atoms with Gasteiger partial charge in [-0.05, 0) is 128 Å². The quantitative estimate of drug-likeness (QED) is 0.145. The third-order valence-electron chi connectivity index (χ3n) is 11.3. The summed E-state index contributed by atoms with van der Waals surface area (Å²) in [6.45, 7) is 2.15. The Bertz CT molecular complexity index is 2590. The van der Waals surface area contributed by atoms with Crippen LogP contribution in [0.3, 0.4) is 0 Å². The largest absolute Gasteiger partial charge is 0.320 e. The second-order valence-electron chi connectivity index (χ2n) is 15.1. The summed E-state index contributed by atoms with van der Waals surface area (Å²) < 4.78 is 0. The molecule has 0 saturated heterocycles. The van der Waals surface area contributed by atoms with Gasteiger partial charge in [0.25, 0.3) is 0 Å². The summed E-state index contributed by atoms with van der Waals surface area (Å²) in [6, 6.07) is 84.2. The van der Waals surface area contributed by atoms with Crippen molar-refractivity contribution in [3.8, 4) is 66.8 Å². The summed E-state index contributed by atoms with van der Waals surface area (Å²) in [5.74, 6) is 0. The summed E-state index contributed by atoms with van der Waals surface area (Å²) in [5, 5.41) is 3.18. The van der Waals surface area contributed by atoms with E-state index in [-0.39, 0.29) is 6.04 Å². The molecule has 0 amide bonds. The van der Waals surface area contributed by atoms with Crippen LogP contribution in [0.1, 0.15) is 35.7 Å². The minimum absolute atomic E-state index is 0.289. The van der Waals surface area contributed by atoms with Crippen LogP contribution in [0.25, 0.3) is 66.8 Å². The average Bonchev–Trinajstić information content (AvgIpc) is 3.35. The molecule has 2 nitrogen and oxygen atoms in total. The standard InChI is InChI=1S/C49H37N.C9H13N/c50-49(39-24-14-5-15-25-39)44-31-42(45-28-26-40(35-16-6-1-7-17-35)33-47(45)37-20-10-3-11-21-37)30-43(32-44)46-29-27-41(36-18-8-2-9-19-36)34-48(46)38-22-12-4-13-23-38;1-8(10-2)9-6-4-3-5-7-9/h1-34,49H,50H2;3-8,10H,1-2H3. The Hall–Kier alpha value is -7.10. The Morgan fingerprint density at radius 3 is 1.03 bits per heavy atom. The van der Waals surface area contributed by atoms with Crippen molar-refractivity contribution in [2.75, 3.05) is 7.05 Å². The lowest BCUT2D eigenvalue weighted by Crippen LogP contribution is -2.12. The fraction of sp³-hybridized carbons (Fsp3) is 0.0690. The van der Waals surface area contributed by atoms with Crippen molar-refractivity contribution in [1.29, 1.82) is 0 Å². The smallest absolute Gasteiger partial charge is 0.0552 e. The minimum atomic E-state index is -0.289. The molecule has 2 atom stereocenters. The summed E-state index contributed by atoms with van der Waals surface area (Å²) in [5.41, 5.74) is 24.7. The number of rotatable bonds is 10. The molecule has 2 unspecified atom stereocenters. The van der Waals surface area contributed by atoms with Gasteiger partial charge in [0.15, 0.2) is 0 Å². The Morgan fingerprint density at radius 1 is 0.300 bits per heavy atom. The first-order valence-corrected chi connectivity index (χ1v) is 20.7. The Labute approximate surface area is 355 Å². The second-order valence-corrected chi connectivity index (χ2v) is 15.1. The molecule has 292 valence electrons. The van der Waals surface area contributed by atoms with Crippen LogP contribution in [0.2, 0.25) is 0 Å². The molecule has 60 heavy (non-hydrogen) atoms. The first-order chi connectivity index (χ1) is 29.6. The Balaban J connectivity index is 0.000000439. The van der Waals surface area contributed by atoms with Gasteiger partial charge in [-0.15, -0.1) is 0 Å². The van der Waals surface area contributed by atoms with Crippen molar-refractivity contribution >= 4 is 0 Å². The normalized spacial score (nSPS) is 11.8. The molecule has 0 heterocycles. The van der Waals surface area contributed by atoms with Crippen molar-refractivity contribution < 1.29 is 0 Å². The third-order valence-corrected chi connectivity index (χ3v) is 11.3. The van der Waals surface area contributed by atoms with Crippen LogP contribution in [0.4, 0.5) is 0 Å². The number of nitrogens with two attached hydrogens (primary N) is 1. The number of benzene rings is 9. The van der Waals surface area contributed by atoms with Crippen molar-refractivity contribution in [2.24, 2.45) is 5.73 Å². The van der Waals surface area contributed by atoms with E-state index in [4.69, 9.17) is 5.73 Å². The van der Waals surface area contributed by atoms with Crippen LogP contribution in [-0.4, -0.2) is 7.05 Å². The van der Waals surface area contributed by atoms with Crippen LogP contribution < -0.4 is 11.1 Å². The van der Waals surface area contributed by atoms with Gasteiger partial charge in [-0.1, -0.05) is 206 Å². The van der Waals surface area contributed by atoms with Crippen LogP contribution in [0.5, 0.6) is 0 Å². The third kappa shape index (κ3) is 9.27. The van der Waals surface area contributed by atoms with Gasteiger partial charge >= 0.3 is 0 Å². The van der Waals surface area contributed by atoms with E-state index in [1.54, 1.807) is 0 Å². The monoisotopic (exact) mass is 774 g/mol. The highest BCUT2D eigenvalue weighted by molar-refractivity contribution is 5.92. The molecule has 9 aromatic carbocycles. The second kappa shape index (κ2) is 19.1. The van der Waals surface area contributed by atoms with E-state index in [0.717, 1.165) is 22.3 Å². The zero-order valence-electron chi connectivity index (χ0n) is 34.2. The Morgan fingerprint density at radius 2 is 0.650 bits per heavy atom. The molecule has 0 spiro atoms. The van der Waals surface area contributed by atoms with Gasteiger partial charge in [0.2, 0.25) is 0 Å². The Kier molecular flexibility index (Phi) is 12.6. The summed E-state index contributed by atoms with van der Waals surface area (Å²) in [6.07, 6.45) is 0. The maximum absolute atomic E-state index is 7.11. The van der Waals surface area contributed by atoms with E-state index in [1.807, 2.05) is 19.2 Å². The number of nitrogens with one attached hydrogen (secondary N) is 1. The highest BCUT2D eigenvalue weighted by atomic mass is 14.8. The minimum Gasteiger partial charge on any atom is -0.320 e. The predicted molar refractivity (Wildman–Crippen MR) is 255 cm³/mol. The molecule has 0 aliphatic rings. The van der Waals surface area contributed by atoms with Gasteiger partial charge in [-0.2, -0.15) is 0 Å². The maximum Gasteiger partial charge on any atom is 0.0552 e. The van der Waals surface area contributed by atoms with Crippen molar-refractivity contribution in [3.05, 3.63) is 253 Å². The first kappa shape index (κ1) is 39.7. The summed E-state index contributed by atoms with van der Waals surface area (Å²) in [4.78, 5) is 0.